The maximum atomic E-state index is 13.4. The third-order valence-corrected chi connectivity index (χ3v) is 18.8. The van der Waals surface area contributed by atoms with Crippen LogP contribution in [0, 0.1) is 0 Å². The highest BCUT2D eigenvalue weighted by Gasteiger charge is 2.33. The molecule has 14 nitrogen and oxygen atoms in total. The van der Waals surface area contributed by atoms with E-state index in [2.05, 4.69) is 48.1 Å². The lowest BCUT2D eigenvalue weighted by Crippen LogP contribution is -2.61. The van der Waals surface area contributed by atoms with Crippen LogP contribution < -0.4 is 10.6 Å². The first-order valence-electron chi connectivity index (χ1n) is 39.8. The second-order valence-corrected chi connectivity index (χ2v) is 27.5. The molecule has 0 radical (unpaired) electrons. The molecule has 2 amide bonds. The quantitative estimate of drug-likeness (QED) is 0.0336. The van der Waals surface area contributed by atoms with Gasteiger partial charge < -0.3 is 29.6 Å². The number of ether oxygens (including phenoxy) is 4. The summed E-state index contributed by atoms with van der Waals surface area (Å²) in [7, 11) is 0. The van der Waals surface area contributed by atoms with Crippen molar-refractivity contribution in [2.24, 2.45) is 0 Å². The van der Waals surface area contributed by atoms with Crippen LogP contribution >= 0.6 is 0 Å². The number of piperazine rings is 1. The van der Waals surface area contributed by atoms with Crippen LogP contribution in [-0.2, 0) is 47.7 Å². The van der Waals surface area contributed by atoms with E-state index in [-0.39, 0.29) is 62.1 Å². The van der Waals surface area contributed by atoms with Gasteiger partial charge in [-0.05, 0) is 77.3 Å². The van der Waals surface area contributed by atoms with Gasteiger partial charge in [0, 0.05) is 51.9 Å². The maximum absolute atomic E-state index is 13.4. The zero-order valence-corrected chi connectivity index (χ0v) is 60.8. The molecule has 0 bridgehead atoms. The van der Waals surface area contributed by atoms with E-state index in [1.165, 1.54) is 218 Å². The molecule has 0 aromatic rings. The Labute approximate surface area is 566 Å². The van der Waals surface area contributed by atoms with E-state index in [4.69, 9.17) is 18.9 Å². The summed E-state index contributed by atoms with van der Waals surface area (Å²) in [5, 5.41) is 6.00. The fourth-order valence-electron chi connectivity index (χ4n) is 12.7. The molecule has 1 aliphatic rings. The lowest BCUT2D eigenvalue weighted by atomic mass is 10.0. The molecule has 0 spiro atoms. The van der Waals surface area contributed by atoms with Crippen LogP contribution in [0.4, 0.5) is 0 Å². The van der Waals surface area contributed by atoms with Crippen LogP contribution in [0.3, 0.4) is 0 Å². The fourth-order valence-corrected chi connectivity index (χ4v) is 12.7. The minimum Gasteiger partial charge on any atom is -0.464 e. The number of amides is 2. The van der Waals surface area contributed by atoms with Crippen molar-refractivity contribution in [1.29, 1.82) is 0 Å². The molecule has 1 rings (SSSR count). The summed E-state index contributed by atoms with van der Waals surface area (Å²) in [6.07, 6.45) is 62.5. The van der Waals surface area contributed by atoms with Gasteiger partial charge in [-0.1, -0.05) is 297 Å². The average molecular weight is 1300 g/mol. The first kappa shape index (κ1) is 86.8. The molecule has 92 heavy (non-hydrogen) atoms. The molecule has 2 N–H and O–H groups in total. The monoisotopic (exact) mass is 1300 g/mol. The summed E-state index contributed by atoms with van der Waals surface area (Å²) in [6, 6.07) is -1.22. The van der Waals surface area contributed by atoms with Crippen molar-refractivity contribution in [3.63, 3.8) is 0 Å². The molecule has 0 aromatic carbocycles. The van der Waals surface area contributed by atoms with Crippen LogP contribution in [0.15, 0.2) is 0 Å². The van der Waals surface area contributed by atoms with Crippen molar-refractivity contribution in [1.82, 2.24) is 20.4 Å². The zero-order chi connectivity index (χ0) is 66.7. The van der Waals surface area contributed by atoms with Gasteiger partial charge in [0.15, 0.2) is 0 Å². The molecule has 0 aromatic heterocycles. The topological polar surface area (TPSA) is 170 Å². The number of unbranched alkanes of at least 4 members (excludes halogenated alkanes) is 44. The van der Waals surface area contributed by atoms with Crippen LogP contribution in [0.25, 0.3) is 0 Å². The molecular formula is C78H148N4O10. The predicted octanol–water partition coefficient (Wildman–Crippen LogP) is 19.7. The number of carbonyl (C=O) groups is 6. The predicted molar refractivity (Wildman–Crippen MR) is 382 cm³/mol. The van der Waals surface area contributed by atoms with Gasteiger partial charge in [-0.25, -0.2) is 0 Å². The van der Waals surface area contributed by atoms with E-state index >= 15 is 0 Å². The SMILES string of the molecule is CCCCCCCCCCCCCCC(=O)OCCN(CCCCC1NC(=O)C(CCCCN(CCOC(=O)CCCCCCCCCCCCCC)CCOC(=O)CCCCCCCCCCCCCC)NC1=O)CCOC(=O)CCCCCCCCCCCC. The number of hydrogen-bond donors (Lipinski definition) is 2. The van der Waals surface area contributed by atoms with Gasteiger partial charge in [0.1, 0.15) is 38.5 Å². The Hall–Kier alpha value is -3.26. The number of nitrogens with zero attached hydrogens (tertiary/aromatic N) is 2. The van der Waals surface area contributed by atoms with Crippen molar-refractivity contribution >= 4 is 35.7 Å². The minimum absolute atomic E-state index is 0.163. The van der Waals surface area contributed by atoms with Gasteiger partial charge in [-0.3, -0.25) is 38.6 Å². The van der Waals surface area contributed by atoms with Gasteiger partial charge in [0.05, 0.1) is 0 Å². The van der Waals surface area contributed by atoms with Crippen LogP contribution in [0.5, 0.6) is 0 Å². The summed E-state index contributed by atoms with van der Waals surface area (Å²) in [6.45, 7) is 13.6. The Kier molecular flexibility index (Phi) is 63.8. The van der Waals surface area contributed by atoms with Gasteiger partial charge in [-0.2, -0.15) is 0 Å². The highest BCUT2D eigenvalue weighted by Crippen LogP contribution is 2.18. The number of rotatable bonds is 72. The summed E-state index contributed by atoms with van der Waals surface area (Å²) < 4.78 is 22.8. The highest BCUT2D eigenvalue weighted by molar-refractivity contribution is 5.96. The average Bonchev–Trinajstić information content (AvgIpc) is 1.96. The second-order valence-electron chi connectivity index (χ2n) is 27.5. The molecule has 0 saturated carbocycles. The molecule has 1 saturated heterocycles. The molecule has 1 heterocycles. The number of carbonyl (C=O) groups excluding carboxylic acids is 6. The third-order valence-electron chi connectivity index (χ3n) is 18.8. The van der Waals surface area contributed by atoms with Crippen molar-refractivity contribution in [3.8, 4) is 0 Å². The fraction of sp³-hybridized carbons (Fsp3) is 0.923. The highest BCUT2D eigenvalue weighted by atomic mass is 16.5. The van der Waals surface area contributed by atoms with Gasteiger partial charge in [0.25, 0.3) is 0 Å². The van der Waals surface area contributed by atoms with E-state index in [1.54, 1.807) is 0 Å². The summed E-state index contributed by atoms with van der Waals surface area (Å²) >= 11 is 0. The van der Waals surface area contributed by atoms with Crippen LogP contribution in [0.1, 0.15) is 387 Å². The van der Waals surface area contributed by atoms with Crippen molar-refractivity contribution in [2.45, 2.75) is 399 Å². The molecular weight excluding hydrogens is 1150 g/mol. The summed E-state index contributed by atoms with van der Waals surface area (Å²) in [5.41, 5.74) is 0. The van der Waals surface area contributed by atoms with E-state index in [0.717, 1.165) is 89.9 Å². The summed E-state index contributed by atoms with van der Waals surface area (Å²) in [4.78, 5) is 82.0. The molecule has 2 atom stereocenters. The molecule has 540 valence electrons. The lowest BCUT2D eigenvalue weighted by Gasteiger charge is -2.30. The van der Waals surface area contributed by atoms with Gasteiger partial charge in [0.2, 0.25) is 11.8 Å². The third kappa shape index (κ3) is 58.1. The largest absolute Gasteiger partial charge is 0.464 e. The van der Waals surface area contributed by atoms with E-state index < -0.39 is 12.1 Å². The van der Waals surface area contributed by atoms with Crippen LogP contribution in [-0.4, -0.2) is 123 Å². The van der Waals surface area contributed by atoms with Crippen LogP contribution in [0.2, 0.25) is 0 Å². The maximum Gasteiger partial charge on any atom is 0.305 e. The van der Waals surface area contributed by atoms with E-state index in [9.17, 15) is 28.8 Å². The molecule has 14 heteroatoms. The first-order valence-corrected chi connectivity index (χ1v) is 39.8. The Morgan fingerprint density at radius 2 is 0.446 bits per heavy atom. The Morgan fingerprint density at radius 3 is 0.641 bits per heavy atom. The Bertz CT molecular complexity index is 1660. The molecule has 0 aliphatic carbocycles. The Balaban J connectivity index is 2.61. The van der Waals surface area contributed by atoms with E-state index in [1.807, 2.05) is 0 Å². The second kappa shape index (κ2) is 67.7. The first-order chi connectivity index (χ1) is 45.1. The lowest BCUT2D eigenvalue weighted by molar-refractivity contribution is -0.146. The van der Waals surface area contributed by atoms with Crippen molar-refractivity contribution in [2.75, 3.05) is 65.7 Å². The molecule has 2 unspecified atom stereocenters. The number of nitrogens with one attached hydrogen (secondary N) is 2. The minimum atomic E-state index is -0.611. The van der Waals surface area contributed by atoms with Gasteiger partial charge in [-0.15, -0.1) is 0 Å². The van der Waals surface area contributed by atoms with Gasteiger partial charge >= 0.3 is 23.9 Å². The standard InChI is InChI=1S/C78H148N4O10/c1-5-9-13-17-21-25-29-32-36-40-44-48-58-74(84)90-68-64-81(63-67-89-73(83)57-47-43-39-35-28-24-20-16-12-8-4)61-53-51-55-71-77(87)80-72(78(88)79-71)56-52-54-62-82(65-69-91-75(85)59-49-45-41-37-33-30-26-22-18-14-10-6-2)66-70-92-76(86)60-50-46-42-38-34-31-27-23-19-15-11-7-3/h71-72H,5-70H2,1-4H3,(H,79,88)(H,80,87). The zero-order valence-electron chi connectivity index (χ0n) is 60.8. The Morgan fingerprint density at radius 1 is 0.261 bits per heavy atom. The molecule has 1 fully saturated rings. The molecule has 1 aliphatic heterocycles. The van der Waals surface area contributed by atoms with E-state index in [0.29, 0.717) is 90.6 Å². The summed E-state index contributed by atoms with van der Waals surface area (Å²) in [5.74, 6) is -0.991. The number of hydrogen-bond acceptors (Lipinski definition) is 12. The van der Waals surface area contributed by atoms with Crippen molar-refractivity contribution in [3.05, 3.63) is 0 Å². The van der Waals surface area contributed by atoms with Crippen molar-refractivity contribution < 1.29 is 47.7 Å². The normalized spacial score (nSPS) is 14.1. The number of esters is 4. The smallest absolute Gasteiger partial charge is 0.305 e.